The van der Waals surface area contributed by atoms with Crippen LogP contribution in [0.4, 0.5) is 4.39 Å². The Labute approximate surface area is 183 Å². The highest BCUT2D eigenvalue weighted by Crippen LogP contribution is 2.33. The van der Waals surface area contributed by atoms with Crippen LogP contribution in [0.2, 0.25) is 0 Å². The molecule has 0 radical (unpaired) electrons. The smallest absolute Gasteiger partial charge is 0.287 e. The Morgan fingerprint density at radius 1 is 0.938 bits per heavy atom. The van der Waals surface area contributed by atoms with E-state index in [1.807, 2.05) is 0 Å². The molecule has 2 amide bonds. The monoisotopic (exact) mass is 431 g/mol. The number of benzene rings is 3. The van der Waals surface area contributed by atoms with E-state index in [1.54, 1.807) is 60.7 Å². The van der Waals surface area contributed by atoms with Gasteiger partial charge in [0, 0.05) is 11.1 Å². The molecule has 1 aliphatic heterocycles. The van der Waals surface area contributed by atoms with Crippen LogP contribution >= 0.6 is 0 Å². The van der Waals surface area contributed by atoms with Crippen LogP contribution in [0.1, 0.15) is 21.5 Å². The number of hydrogen-bond donors (Lipinski definition) is 2. The third-order valence-electron chi connectivity index (χ3n) is 4.51. The molecule has 0 aromatic heterocycles. The van der Waals surface area contributed by atoms with E-state index < -0.39 is 17.6 Å². The van der Waals surface area contributed by atoms with E-state index in [4.69, 9.17) is 9.47 Å². The summed E-state index contributed by atoms with van der Waals surface area (Å²) in [5.41, 5.74) is 3.45. The van der Waals surface area contributed by atoms with E-state index >= 15 is 0 Å². The first-order valence-electron chi connectivity index (χ1n) is 9.66. The van der Waals surface area contributed by atoms with Gasteiger partial charge in [0.2, 0.25) is 6.79 Å². The van der Waals surface area contributed by atoms with Crippen LogP contribution in [-0.4, -0.2) is 24.8 Å². The van der Waals surface area contributed by atoms with Gasteiger partial charge in [0.15, 0.2) is 11.5 Å². The zero-order valence-corrected chi connectivity index (χ0v) is 16.7. The van der Waals surface area contributed by atoms with Gasteiger partial charge < -0.3 is 14.8 Å². The third kappa shape index (κ3) is 4.99. The molecule has 0 saturated carbocycles. The maximum absolute atomic E-state index is 13.7. The van der Waals surface area contributed by atoms with Crippen LogP contribution in [0.5, 0.6) is 11.5 Å². The summed E-state index contributed by atoms with van der Waals surface area (Å²) in [6, 6.07) is 19.6. The lowest BCUT2D eigenvalue weighted by Gasteiger charge is -2.09. The van der Waals surface area contributed by atoms with E-state index in [9.17, 15) is 14.0 Å². The van der Waals surface area contributed by atoms with E-state index in [1.165, 1.54) is 24.4 Å². The maximum atomic E-state index is 13.7. The molecule has 2 N–H and O–H groups in total. The highest BCUT2D eigenvalue weighted by molar-refractivity contribution is 6.05. The summed E-state index contributed by atoms with van der Waals surface area (Å²) in [7, 11) is 0. The molecule has 160 valence electrons. The molecule has 3 aromatic carbocycles. The molecule has 0 unspecified atom stereocenters. The Kier molecular flexibility index (Phi) is 6.22. The molecule has 0 spiro atoms. The second-order valence-electron chi connectivity index (χ2n) is 6.71. The van der Waals surface area contributed by atoms with Gasteiger partial charge in [0.05, 0.1) is 6.21 Å². The Balaban J connectivity index is 1.57. The summed E-state index contributed by atoms with van der Waals surface area (Å²) in [5.74, 6) is -0.495. The Morgan fingerprint density at radius 3 is 2.50 bits per heavy atom. The molecule has 0 fully saturated rings. The van der Waals surface area contributed by atoms with Crippen molar-refractivity contribution >= 4 is 24.1 Å². The fourth-order valence-electron chi connectivity index (χ4n) is 2.91. The van der Waals surface area contributed by atoms with E-state index in [-0.39, 0.29) is 18.1 Å². The minimum absolute atomic E-state index is 0.0524. The number of fused-ring (bicyclic) bond motifs is 1. The second kappa shape index (κ2) is 9.57. The number of amides is 2. The molecule has 0 bridgehead atoms. The van der Waals surface area contributed by atoms with Gasteiger partial charge in [0.1, 0.15) is 11.5 Å². The van der Waals surface area contributed by atoms with E-state index in [0.29, 0.717) is 22.6 Å². The zero-order chi connectivity index (χ0) is 22.3. The summed E-state index contributed by atoms with van der Waals surface area (Å²) in [6.45, 7) is 0.116. The fourth-order valence-corrected chi connectivity index (χ4v) is 2.91. The topological polar surface area (TPSA) is 89.0 Å². The molecule has 1 aliphatic rings. The number of hydrazone groups is 1. The van der Waals surface area contributed by atoms with Crippen LogP contribution in [0, 0.1) is 5.82 Å². The molecule has 32 heavy (non-hydrogen) atoms. The lowest BCUT2D eigenvalue weighted by atomic mass is 10.1. The van der Waals surface area contributed by atoms with Crippen LogP contribution < -0.4 is 20.2 Å². The van der Waals surface area contributed by atoms with Gasteiger partial charge in [-0.3, -0.25) is 9.59 Å². The average molecular weight is 431 g/mol. The maximum Gasteiger partial charge on any atom is 0.287 e. The Hall–Kier alpha value is -4.46. The van der Waals surface area contributed by atoms with Gasteiger partial charge in [-0.2, -0.15) is 5.10 Å². The van der Waals surface area contributed by atoms with Crippen LogP contribution in [-0.2, 0) is 4.79 Å². The molecule has 7 nitrogen and oxygen atoms in total. The Morgan fingerprint density at radius 2 is 1.69 bits per heavy atom. The number of carbonyl (C=O) groups is 2. The van der Waals surface area contributed by atoms with Crippen molar-refractivity contribution in [3.05, 3.63) is 101 Å². The van der Waals surface area contributed by atoms with E-state index in [0.717, 1.165) is 0 Å². The van der Waals surface area contributed by atoms with Crippen molar-refractivity contribution in [3.8, 4) is 11.5 Å². The normalized spacial score (nSPS) is 12.6. The predicted octanol–water partition coefficient (Wildman–Crippen LogP) is 3.48. The predicted molar refractivity (Wildman–Crippen MR) is 117 cm³/mol. The van der Waals surface area contributed by atoms with Crippen molar-refractivity contribution in [1.82, 2.24) is 10.7 Å². The van der Waals surface area contributed by atoms with Gasteiger partial charge in [-0.1, -0.05) is 42.5 Å². The van der Waals surface area contributed by atoms with Gasteiger partial charge in [-0.25, -0.2) is 9.82 Å². The molecule has 4 rings (SSSR count). The minimum Gasteiger partial charge on any atom is -0.454 e. The molecule has 3 aromatic rings. The van der Waals surface area contributed by atoms with Crippen LogP contribution in [0.25, 0.3) is 6.08 Å². The highest BCUT2D eigenvalue weighted by Gasteiger charge is 2.16. The standard InChI is InChI=1S/C24H18FN3O4/c25-19-9-5-4-8-18(19)14-26-28-24(30)20(27-23(29)17-6-2-1-3-7-17)12-16-10-11-21-22(13-16)32-15-31-21/h1-14H,15H2,(H,27,29)(H,28,30)/b20-12+,26-14+. The number of ether oxygens (including phenoxy) is 2. The van der Waals surface area contributed by atoms with Crippen molar-refractivity contribution in [2.24, 2.45) is 5.10 Å². The number of nitrogens with zero attached hydrogens (tertiary/aromatic N) is 1. The molecule has 0 aliphatic carbocycles. The number of nitrogens with one attached hydrogen (secondary N) is 2. The number of halogens is 1. The summed E-state index contributed by atoms with van der Waals surface area (Å²) < 4.78 is 24.4. The quantitative estimate of drug-likeness (QED) is 0.355. The largest absolute Gasteiger partial charge is 0.454 e. The molecule has 1 heterocycles. The molecule has 8 heteroatoms. The minimum atomic E-state index is -0.681. The fraction of sp³-hybridized carbons (Fsp3) is 0.0417. The first-order valence-corrected chi connectivity index (χ1v) is 9.66. The molecule has 0 atom stereocenters. The van der Waals surface area contributed by atoms with Gasteiger partial charge >= 0.3 is 0 Å². The lowest BCUT2D eigenvalue weighted by Crippen LogP contribution is -2.32. The second-order valence-corrected chi connectivity index (χ2v) is 6.71. The summed E-state index contributed by atoms with van der Waals surface area (Å²) in [4.78, 5) is 25.4. The third-order valence-corrected chi connectivity index (χ3v) is 4.51. The molecular weight excluding hydrogens is 413 g/mol. The van der Waals surface area contributed by atoms with Crippen molar-refractivity contribution < 1.29 is 23.5 Å². The first kappa shape index (κ1) is 20.8. The van der Waals surface area contributed by atoms with Crippen molar-refractivity contribution in [1.29, 1.82) is 0 Å². The van der Waals surface area contributed by atoms with Gasteiger partial charge in [0.25, 0.3) is 11.8 Å². The zero-order valence-electron chi connectivity index (χ0n) is 16.7. The average Bonchev–Trinajstić information content (AvgIpc) is 3.28. The first-order chi connectivity index (χ1) is 15.6. The van der Waals surface area contributed by atoms with Crippen LogP contribution in [0.3, 0.4) is 0 Å². The van der Waals surface area contributed by atoms with Crippen molar-refractivity contribution in [2.45, 2.75) is 0 Å². The number of hydrogen-bond acceptors (Lipinski definition) is 5. The van der Waals surface area contributed by atoms with Crippen molar-refractivity contribution in [3.63, 3.8) is 0 Å². The number of rotatable bonds is 6. The molecule has 0 saturated heterocycles. The number of carbonyl (C=O) groups excluding carboxylic acids is 2. The lowest BCUT2D eigenvalue weighted by molar-refractivity contribution is -0.117. The van der Waals surface area contributed by atoms with Crippen LogP contribution in [0.15, 0.2) is 83.6 Å². The summed E-state index contributed by atoms with van der Waals surface area (Å²) in [5, 5.41) is 6.40. The summed E-state index contributed by atoms with van der Waals surface area (Å²) in [6.07, 6.45) is 2.67. The SMILES string of the molecule is O=C(N/N=C/c1ccccc1F)/C(=C\c1ccc2c(c1)OCO2)NC(=O)c1ccccc1. The van der Waals surface area contributed by atoms with Crippen molar-refractivity contribution in [2.75, 3.05) is 6.79 Å². The molecular formula is C24H18FN3O4. The Bertz CT molecular complexity index is 1210. The van der Waals surface area contributed by atoms with Gasteiger partial charge in [-0.05, 0) is 42.0 Å². The highest BCUT2D eigenvalue weighted by atomic mass is 19.1. The van der Waals surface area contributed by atoms with Gasteiger partial charge in [-0.15, -0.1) is 0 Å². The van der Waals surface area contributed by atoms with E-state index in [2.05, 4.69) is 15.8 Å². The summed E-state index contributed by atoms with van der Waals surface area (Å²) >= 11 is 0.